The second-order valence-electron chi connectivity index (χ2n) is 9.97. The van der Waals surface area contributed by atoms with Crippen molar-refractivity contribution in [3.05, 3.63) is 144 Å². The van der Waals surface area contributed by atoms with Crippen molar-refractivity contribution >= 4 is 37.7 Å². The van der Waals surface area contributed by atoms with Gasteiger partial charge in [0.15, 0.2) is 0 Å². The molecule has 44 heavy (non-hydrogen) atoms. The maximum Gasteiger partial charge on any atom is 0.265 e. The van der Waals surface area contributed by atoms with E-state index in [1.165, 1.54) is 0 Å². The van der Waals surface area contributed by atoms with Gasteiger partial charge in [0.2, 0.25) is 4.34 Å². The molecule has 6 rings (SSSR count). The highest BCUT2D eigenvalue weighted by molar-refractivity contribution is 7.91. The molecule has 2 N–H and O–H groups in total. The van der Waals surface area contributed by atoms with Crippen LogP contribution >= 0.6 is 11.3 Å². The summed E-state index contributed by atoms with van der Waals surface area (Å²) in [5, 5.41) is 14.1. The van der Waals surface area contributed by atoms with Crippen molar-refractivity contribution in [2.24, 2.45) is 5.14 Å². The van der Waals surface area contributed by atoms with E-state index in [9.17, 15) is 8.42 Å². The highest BCUT2D eigenvalue weighted by atomic mass is 32.2. The summed E-state index contributed by atoms with van der Waals surface area (Å²) in [6.07, 6.45) is 5.56. The lowest BCUT2D eigenvalue weighted by molar-refractivity contribution is 0.0403. The molecule has 222 valence electrons. The molecule has 0 aliphatic heterocycles. The van der Waals surface area contributed by atoms with Gasteiger partial charge in [-0.3, -0.25) is 0 Å². The van der Waals surface area contributed by atoms with Crippen molar-refractivity contribution in [3.8, 4) is 5.75 Å². The normalized spacial score (nSPS) is 13.3. The summed E-state index contributed by atoms with van der Waals surface area (Å²) in [6, 6.07) is 35.1. The molecule has 0 amide bonds. The number of fused-ring (bicyclic) bond motifs is 1. The molecule has 0 saturated heterocycles. The molecule has 0 fully saturated rings. The molecule has 0 saturated carbocycles. The quantitative estimate of drug-likeness (QED) is 0.173. The van der Waals surface area contributed by atoms with Crippen LogP contribution in [0, 0.1) is 0 Å². The van der Waals surface area contributed by atoms with Crippen LogP contribution in [0.3, 0.4) is 0 Å². The van der Waals surface area contributed by atoms with Crippen molar-refractivity contribution in [2.45, 2.75) is 23.1 Å². The Balaban J connectivity index is 1.24. The lowest BCUT2D eigenvalue weighted by Crippen LogP contribution is -2.22. The van der Waals surface area contributed by atoms with Crippen LogP contribution in [0.5, 0.6) is 5.75 Å². The molecule has 11 heteroatoms. The zero-order chi connectivity index (χ0) is 30.4. The topological polar surface area (TPSA) is 122 Å². The third-order valence-corrected chi connectivity index (χ3v) is 9.19. The molecule has 4 aromatic carbocycles. The van der Waals surface area contributed by atoms with E-state index >= 15 is 0 Å². The van der Waals surface area contributed by atoms with Gasteiger partial charge in [-0.2, -0.15) is 0 Å². The van der Waals surface area contributed by atoms with Gasteiger partial charge in [-0.25, -0.2) is 23.2 Å². The Morgan fingerprint density at radius 2 is 1.57 bits per heavy atom. The van der Waals surface area contributed by atoms with Crippen LogP contribution < -0.4 is 9.88 Å². The number of primary sulfonamides is 1. The molecule has 9 nitrogen and oxygen atoms in total. The van der Waals surface area contributed by atoms with Gasteiger partial charge in [-0.1, -0.05) is 108 Å². The van der Waals surface area contributed by atoms with Crippen molar-refractivity contribution in [3.63, 3.8) is 0 Å². The van der Waals surface area contributed by atoms with E-state index < -0.39 is 10.0 Å². The molecule has 0 radical (unpaired) electrons. The Hall–Kier alpha value is -4.68. The molecular weight excluding hydrogens is 595 g/mol. The lowest BCUT2D eigenvalue weighted by atomic mass is 9.95. The van der Waals surface area contributed by atoms with E-state index in [1.807, 2.05) is 89.8 Å². The van der Waals surface area contributed by atoms with E-state index in [1.54, 1.807) is 18.2 Å². The van der Waals surface area contributed by atoms with Crippen LogP contribution in [0.15, 0.2) is 126 Å². The minimum Gasteiger partial charge on any atom is -0.487 e. The third-order valence-electron chi connectivity index (χ3n) is 6.85. The molecular formula is C33H29N5O4S2. The maximum absolute atomic E-state index is 11.7. The molecule has 2 heterocycles. The predicted octanol–water partition coefficient (Wildman–Crippen LogP) is 6.17. The molecule has 0 unspecified atom stereocenters. The monoisotopic (exact) mass is 623 g/mol. The first-order valence-corrected chi connectivity index (χ1v) is 16.2. The number of hydrogen-bond donors (Lipinski definition) is 1. The molecule has 0 aliphatic rings. The number of rotatable bonds is 12. The summed E-state index contributed by atoms with van der Waals surface area (Å²) in [5.74, 6) is 0.548. The van der Waals surface area contributed by atoms with E-state index in [0.29, 0.717) is 28.3 Å². The van der Waals surface area contributed by atoms with Gasteiger partial charge < -0.3 is 9.47 Å². The van der Waals surface area contributed by atoms with Crippen molar-refractivity contribution in [1.29, 1.82) is 0 Å². The van der Waals surface area contributed by atoms with Crippen LogP contribution in [0.25, 0.3) is 16.3 Å². The predicted molar refractivity (Wildman–Crippen MR) is 171 cm³/mol. The van der Waals surface area contributed by atoms with Crippen LogP contribution in [0.4, 0.5) is 0 Å². The summed E-state index contributed by atoms with van der Waals surface area (Å²) in [7, 11) is -3.88. The van der Waals surface area contributed by atoms with Crippen molar-refractivity contribution in [1.82, 2.24) is 20.0 Å². The van der Waals surface area contributed by atoms with Crippen LogP contribution in [-0.4, -0.2) is 35.0 Å². The smallest absolute Gasteiger partial charge is 0.265 e. The second kappa shape index (κ2) is 13.3. The minimum absolute atomic E-state index is 0.134. The summed E-state index contributed by atoms with van der Waals surface area (Å²) in [5.41, 5.74) is 4.30. The first kappa shape index (κ1) is 29.4. The number of thiazole rings is 1. The highest BCUT2D eigenvalue weighted by Gasteiger charge is 2.28. The number of benzene rings is 4. The second-order valence-corrected chi connectivity index (χ2v) is 12.7. The fourth-order valence-electron chi connectivity index (χ4n) is 4.80. The average Bonchev–Trinajstić information content (AvgIpc) is 3.70. The van der Waals surface area contributed by atoms with Gasteiger partial charge >= 0.3 is 0 Å². The summed E-state index contributed by atoms with van der Waals surface area (Å²) >= 11 is 0.999. The Bertz CT molecular complexity index is 1960. The van der Waals surface area contributed by atoms with Crippen LogP contribution in [0.2, 0.25) is 0 Å². The summed E-state index contributed by atoms with van der Waals surface area (Å²) < 4.78 is 38.3. The molecule has 0 spiro atoms. The highest BCUT2D eigenvalue weighted by Crippen LogP contribution is 2.35. The molecule has 2 aromatic heterocycles. The molecule has 0 bridgehead atoms. The lowest BCUT2D eigenvalue weighted by Gasteiger charge is -2.28. The van der Waals surface area contributed by atoms with Gasteiger partial charge in [0.25, 0.3) is 10.0 Å². The van der Waals surface area contributed by atoms with Crippen LogP contribution in [0.1, 0.15) is 34.5 Å². The van der Waals surface area contributed by atoms with Gasteiger partial charge in [0.05, 0.1) is 23.0 Å². The maximum atomic E-state index is 11.7. The number of sulfonamides is 1. The number of nitrogens with zero attached hydrogens (tertiary/aromatic N) is 4. The van der Waals surface area contributed by atoms with Gasteiger partial charge in [-0.15, -0.1) is 16.4 Å². The van der Waals surface area contributed by atoms with Crippen LogP contribution in [-0.2, 0) is 21.4 Å². The van der Waals surface area contributed by atoms with Crippen molar-refractivity contribution in [2.75, 3.05) is 6.61 Å². The zero-order valence-corrected chi connectivity index (χ0v) is 25.1. The fourth-order valence-corrected chi connectivity index (χ4v) is 6.49. The Morgan fingerprint density at radius 3 is 2.27 bits per heavy atom. The number of nitrogens with two attached hydrogens (primary N) is 1. The Kier molecular flexibility index (Phi) is 8.89. The number of hydrogen-bond acceptors (Lipinski definition) is 8. The van der Waals surface area contributed by atoms with E-state index in [0.717, 1.165) is 28.0 Å². The van der Waals surface area contributed by atoms with E-state index in [-0.39, 0.29) is 23.1 Å². The van der Waals surface area contributed by atoms with E-state index in [4.69, 9.17) is 14.6 Å². The van der Waals surface area contributed by atoms with Crippen molar-refractivity contribution < 1.29 is 17.9 Å². The summed E-state index contributed by atoms with van der Waals surface area (Å²) in [6.45, 7) is 0.556. The number of ether oxygens (including phenoxy) is 2. The number of aromatic nitrogens is 4. The summed E-state index contributed by atoms with van der Waals surface area (Å²) in [4.78, 5) is 4.09. The Labute approximate surface area is 259 Å². The first-order valence-electron chi connectivity index (χ1n) is 13.8. The standard InChI is InChI=1S/C33H29N5O4S2/c34-44(39,40)33-35-29-19-18-28(21-30(29)43-33)42-23-27-22-38(37-36-27)31(25-14-6-2-7-15-25)32(26-16-8-3-9-17-26)41-20-10-13-24-11-4-1-5-12-24/h1-19,21-22,31-32H,20,23H2,(H2,34,39,40)/b13-10+/t31-,32+/m0/s1. The Morgan fingerprint density at radius 1 is 0.886 bits per heavy atom. The zero-order valence-electron chi connectivity index (χ0n) is 23.5. The van der Waals surface area contributed by atoms with Gasteiger partial charge in [-0.05, 0) is 34.9 Å². The third kappa shape index (κ3) is 7.09. The minimum atomic E-state index is -3.88. The molecule has 2 atom stereocenters. The first-order chi connectivity index (χ1) is 21.4. The SMILES string of the molecule is NS(=O)(=O)c1nc2ccc(OCc3cn([C@@H](c4ccccc4)[C@H](OC/C=C/c4ccccc4)c4ccccc4)nn3)cc2s1. The van der Waals surface area contributed by atoms with E-state index in [2.05, 4.69) is 39.6 Å². The van der Waals surface area contributed by atoms with Gasteiger partial charge in [0, 0.05) is 0 Å². The van der Waals surface area contributed by atoms with Gasteiger partial charge in [0.1, 0.15) is 30.2 Å². The molecule has 6 aromatic rings. The largest absolute Gasteiger partial charge is 0.487 e. The fraction of sp³-hybridized carbons (Fsp3) is 0.121. The average molecular weight is 624 g/mol. The molecule has 0 aliphatic carbocycles.